The Morgan fingerprint density at radius 2 is 1.73 bits per heavy atom. The normalized spacial score (nSPS) is 15.4. The molecule has 0 fully saturated rings. The zero-order chi connectivity index (χ0) is 11.6. The largest absolute Gasteiger partial charge is 0.0843 e. The first kappa shape index (κ1) is 13.3. The second-order valence-electron chi connectivity index (χ2n) is 4.17. The van der Waals surface area contributed by atoms with Crippen molar-refractivity contribution in [1.29, 1.82) is 0 Å². The number of halogens is 3. The van der Waals surface area contributed by atoms with Gasteiger partial charge in [-0.2, -0.15) is 0 Å². The van der Waals surface area contributed by atoms with Crippen molar-refractivity contribution in [3.05, 3.63) is 33.8 Å². The minimum absolute atomic E-state index is 0.253. The molecule has 1 aromatic rings. The van der Waals surface area contributed by atoms with Crippen LogP contribution in [0, 0.1) is 11.8 Å². The van der Waals surface area contributed by atoms with E-state index < -0.39 is 0 Å². The van der Waals surface area contributed by atoms with Gasteiger partial charge in [0.2, 0.25) is 0 Å². The van der Waals surface area contributed by atoms with Gasteiger partial charge in [0, 0.05) is 14.9 Å². The van der Waals surface area contributed by atoms with Gasteiger partial charge < -0.3 is 0 Å². The predicted octanol–water partition coefficient (Wildman–Crippen LogP) is 5.72. The number of hydrogen-bond donors (Lipinski definition) is 0. The molecule has 0 aliphatic heterocycles. The molecule has 0 spiro atoms. The van der Waals surface area contributed by atoms with Crippen LogP contribution in [0.25, 0.3) is 0 Å². The second-order valence-corrected chi connectivity index (χ2v) is 6.00. The molecule has 0 nitrogen and oxygen atoms in total. The summed E-state index contributed by atoms with van der Waals surface area (Å²) in [5.41, 5.74) is 1.07. The summed E-state index contributed by atoms with van der Waals surface area (Å²) in [5, 5.41) is 1.50. The molecule has 0 aliphatic rings. The highest BCUT2D eigenvalue weighted by Crippen LogP contribution is 2.39. The first-order valence-electron chi connectivity index (χ1n) is 5.02. The van der Waals surface area contributed by atoms with Gasteiger partial charge in [-0.25, -0.2) is 0 Å². The van der Waals surface area contributed by atoms with Crippen molar-refractivity contribution < 1.29 is 0 Å². The molecular formula is C12H15BrCl2. The fourth-order valence-electron chi connectivity index (χ4n) is 1.35. The van der Waals surface area contributed by atoms with Crippen molar-refractivity contribution in [3.8, 4) is 0 Å². The van der Waals surface area contributed by atoms with Gasteiger partial charge in [-0.3, -0.25) is 0 Å². The van der Waals surface area contributed by atoms with E-state index in [0.29, 0.717) is 11.8 Å². The summed E-state index contributed by atoms with van der Waals surface area (Å²) in [6.45, 7) is 6.62. The maximum absolute atomic E-state index is 6.15. The molecule has 0 heterocycles. The molecule has 0 saturated carbocycles. The Balaban J connectivity index is 2.99. The molecule has 0 amide bonds. The standard InChI is InChI=1S/C12H15BrCl2/c1-7(2)8(3)12(13)10-6-9(14)4-5-11(10)15/h4-8,12H,1-3H3. The van der Waals surface area contributed by atoms with Gasteiger partial charge in [0.05, 0.1) is 0 Å². The predicted molar refractivity (Wildman–Crippen MR) is 72.1 cm³/mol. The second kappa shape index (κ2) is 5.56. The molecule has 0 N–H and O–H groups in total. The smallest absolute Gasteiger partial charge is 0.0450 e. The van der Waals surface area contributed by atoms with E-state index in [9.17, 15) is 0 Å². The van der Waals surface area contributed by atoms with Crippen LogP contribution in [0.2, 0.25) is 10.0 Å². The molecule has 0 radical (unpaired) electrons. The molecular weight excluding hydrogens is 295 g/mol. The third-order valence-corrected chi connectivity index (χ3v) is 4.67. The molecule has 1 rings (SSSR count). The average Bonchev–Trinajstić information content (AvgIpc) is 2.19. The molecule has 3 heteroatoms. The fraction of sp³-hybridized carbons (Fsp3) is 0.500. The maximum atomic E-state index is 6.15. The van der Waals surface area contributed by atoms with Crippen LogP contribution in [-0.4, -0.2) is 0 Å². The van der Waals surface area contributed by atoms with Crippen molar-refractivity contribution in [2.24, 2.45) is 11.8 Å². The van der Waals surface area contributed by atoms with Crippen molar-refractivity contribution in [2.75, 3.05) is 0 Å². The summed E-state index contributed by atoms with van der Waals surface area (Å²) >= 11 is 15.8. The van der Waals surface area contributed by atoms with Gasteiger partial charge >= 0.3 is 0 Å². The van der Waals surface area contributed by atoms with Crippen LogP contribution in [0.4, 0.5) is 0 Å². The average molecular weight is 310 g/mol. The van der Waals surface area contributed by atoms with E-state index in [4.69, 9.17) is 23.2 Å². The topological polar surface area (TPSA) is 0 Å². The molecule has 0 aliphatic carbocycles. The van der Waals surface area contributed by atoms with Crippen LogP contribution in [0.5, 0.6) is 0 Å². The molecule has 0 bridgehead atoms. The quantitative estimate of drug-likeness (QED) is 0.626. The molecule has 84 valence electrons. The van der Waals surface area contributed by atoms with Crippen LogP contribution in [0.15, 0.2) is 18.2 Å². The Labute approximate surface area is 110 Å². The zero-order valence-electron chi connectivity index (χ0n) is 9.10. The Kier molecular flexibility index (Phi) is 4.95. The lowest BCUT2D eigenvalue weighted by Gasteiger charge is -2.23. The Morgan fingerprint density at radius 3 is 2.27 bits per heavy atom. The SMILES string of the molecule is CC(C)C(C)C(Br)c1cc(Cl)ccc1Cl. The maximum Gasteiger partial charge on any atom is 0.0450 e. The van der Waals surface area contributed by atoms with E-state index in [1.807, 2.05) is 18.2 Å². The van der Waals surface area contributed by atoms with Crippen molar-refractivity contribution >= 4 is 39.1 Å². The van der Waals surface area contributed by atoms with E-state index in [0.717, 1.165) is 15.6 Å². The Morgan fingerprint density at radius 1 is 1.13 bits per heavy atom. The van der Waals surface area contributed by atoms with E-state index in [1.54, 1.807) is 0 Å². The van der Waals surface area contributed by atoms with E-state index >= 15 is 0 Å². The third kappa shape index (κ3) is 3.37. The minimum Gasteiger partial charge on any atom is -0.0843 e. The van der Waals surface area contributed by atoms with Gasteiger partial charge in [0.25, 0.3) is 0 Å². The highest BCUT2D eigenvalue weighted by molar-refractivity contribution is 9.09. The van der Waals surface area contributed by atoms with Crippen LogP contribution in [0.1, 0.15) is 31.2 Å². The van der Waals surface area contributed by atoms with E-state index in [1.165, 1.54) is 0 Å². The lowest BCUT2D eigenvalue weighted by Crippen LogP contribution is -2.10. The molecule has 2 unspecified atom stereocenters. The highest BCUT2D eigenvalue weighted by atomic mass is 79.9. The molecule has 0 saturated heterocycles. The van der Waals surface area contributed by atoms with Gasteiger partial charge in [-0.1, -0.05) is 59.9 Å². The number of benzene rings is 1. The monoisotopic (exact) mass is 308 g/mol. The summed E-state index contributed by atoms with van der Waals surface area (Å²) in [4.78, 5) is 0.253. The van der Waals surface area contributed by atoms with Crippen molar-refractivity contribution in [1.82, 2.24) is 0 Å². The first-order valence-corrected chi connectivity index (χ1v) is 6.69. The number of alkyl halides is 1. The van der Waals surface area contributed by atoms with Crippen LogP contribution in [0.3, 0.4) is 0 Å². The first-order chi connectivity index (χ1) is 6.93. The van der Waals surface area contributed by atoms with E-state index in [-0.39, 0.29) is 4.83 Å². The summed E-state index contributed by atoms with van der Waals surface area (Å²) in [6.07, 6.45) is 0. The number of rotatable bonds is 3. The fourth-order valence-corrected chi connectivity index (χ4v) is 2.88. The molecule has 15 heavy (non-hydrogen) atoms. The van der Waals surface area contributed by atoms with Gasteiger partial charge in [0.15, 0.2) is 0 Å². The Bertz CT molecular complexity index is 336. The van der Waals surface area contributed by atoms with Crippen LogP contribution >= 0.6 is 39.1 Å². The molecule has 0 aromatic heterocycles. The lowest BCUT2D eigenvalue weighted by molar-refractivity contribution is 0.414. The lowest BCUT2D eigenvalue weighted by atomic mass is 9.91. The Hall–Kier alpha value is 0.280. The van der Waals surface area contributed by atoms with E-state index in [2.05, 4.69) is 36.7 Å². The van der Waals surface area contributed by atoms with Gasteiger partial charge in [-0.15, -0.1) is 0 Å². The molecule has 1 aromatic carbocycles. The third-order valence-electron chi connectivity index (χ3n) is 2.77. The summed E-state index contributed by atoms with van der Waals surface area (Å²) < 4.78 is 0. The summed E-state index contributed by atoms with van der Waals surface area (Å²) in [5.74, 6) is 1.12. The summed E-state index contributed by atoms with van der Waals surface area (Å²) in [6, 6.07) is 5.59. The van der Waals surface area contributed by atoms with Crippen molar-refractivity contribution in [2.45, 2.75) is 25.6 Å². The molecule has 2 atom stereocenters. The van der Waals surface area contributed by atoms with Gasteiger partial charge in [-0.05, 0) is 35.6 Å². The van der Waals surface area contributed by atoms with Gasteiger partial charge in [0.1, 0.15) is 0 Å². The summed E-state index contributed by atoms with van der Waals surface area (Å²) in [7, 11) is 0. The van der Waals surface area contributed by atoms with Crippen molar-refractivity contribution in [3.63, 3.8) is 0 Å². The number of hydrogen-bond acceptors (Lipinski definition) is 0. The van der Waals surface area contributed by atoms with Crippen LogP contribution in [-0.2, 0) is 0 Å². The minimum atomic E-state index is 0.253. The highest BCUT2D eigenvalue weighted by Gasteiger charge is 2.21. The van der Waals surface area contributed by atoms with Crippen LogP contribution < -0.4 is 0 Å². The zero-order valence-corrected chi connectivity index (χ0v) is 12.2.